The molecule has 31 heavy (non-hydrogen) atoms. The van der Waals surface area contributed by atoms with E-state index in [9.17, 15) is 0 Å². The van der Waals surface area contributed by atoms with Crippen LogP contribution in [0.1, 0.15) is 46.3 Å². The van der Waals surface area contributed by atoms with Gasteiger partial charge >= 0.3 is 0 Å². The van der Waals surface area contributed by atoms with Gasteiger partial charge < -0.3 is 30.7 Å². The van der Waals surface area contributed by atoms with Crippen molar-refractivity contribution in [3.8, 4) is 11.5 Å². The van der Waals surface area contributed by atoms with Crippen LogP contribution in [-0.2, 0) is 5.41 Å². The largest absolute Gasteiger partial charge is 1.00 e. The molecule has 2 aliphatic heterocycles. The van der Waals surface area contributed by atoms with Crippen LogP contribution in [0.15, 0.2) is 82.5 Å². The van der Waals surface area contributed by atoms with Gasteiger partial charge in [0.05, 0.1) is 50.6 Å². The third-order valence-corrected chi connectivity index (χ3v) is 6.89. The predicted molar refractivity (Wildman–Crippen MR) is 109 cm³/mol. The molecule has 5 nitrogen and oxygen atoms in total. The number of fused-ring (bicyclic) bond motifs is 1. The number of halogens is 1. The SMILES string of the molecule is COc1cc(OC)c2c(c1)C1CC(c3ccoc3)(c3ccoc3)C2c2cccc[n+]21.[Cl-]. The van der Waals surface area contributed by atoms with Crippen LogP contribution in [0.2, 0.25) is 0 Å². The van der Waals surface area contributed by atoms with Crippen molar-refractivity contribution in [1.29, 1.82) is 0 Å². The summed E-state index contributed by atoms with van der Waals surface area (Å²) in [7, 11) is 3.43. The van der Waals surface area contributed by atoms with Gasteiger partial charge in [-0.05, 0) is 18.2 Å². The second kappa shape index (κ2) is 7.20. The fraction of sp³-hybridized carbons (Fsp3) is 0.240. The highest BCUT2D eigenvalue weighted by atomic mass is 35.5. The molecule has 7 rings (SSSR count). The summed E-state index contributed by atoms with van der Waals surface area (Å²) in [5, 5.41) is 0. The minimum Gasteiger partial charge on any atom is -1.00 e. The maximum Gasteiger partial charge on any atom is 0.190 e. The Kier molecular flexibility index (Phi) is 4.59. The fourth-order valence-electron chi connectivity index (χ4n) is 5.69. The predicted octanol–water partition coefficient (Wildman–Crippen LogP) is 1.61. The standard InChI is InChI=1S/C25H22NO4.ClH/c1-27-18-11-19-21-13-25(16-6-9-29-14-16,17-7-10-30-15-17)24(23(19)22(12-18)28-2)20-5-3-4-8-26(20)21;/h3-12,14-15,21,24H,13H2,1-2H3;1H/q+1;/p-1. The van der Waals surface area contributed by atoms with Gasteiger partial charge in [0.25, 0.3) is 0 Å². The number of hydrogen-bond donors (Lipinski definition) is 0. The monoisotopic (exact) mass is 435 g/mol. The maximum atomic E-state index is 5.91. The summed E-state index contributed by atoms with van der Waals surface area (Å²) in [5.41, 5.74) is 5.70. The van der Waals surface area contributed by atoms with Crippen molar-refractivity contribution in [3.05, 3.63) is 102 Å². The van der Waals surface area contributed by atoms with Crippen molar-refractivity contribution in [3.63, 3.8) is 0 Å². The van der Waals surface area contributed by atoms with E-state index in [1.807, 2.05) is 18.6 Å². The van der Waals surface area contributed by atoms with Crippen LogP contribution in [0.3, 0.4) is 0 Å². The smallest absolute Gasteiger partial charge is 0.190 e. The van der Waals surface area contributed by atoms with Gasteiger partial charge in [-0.15, -0.1) is 0 Å². The molecular weight excluding hydrogens is 414 g/mol. The minimum atomic E-state index is -0.319. The summed E-state index contributed by atoms with van der Waals surface area (Å²) in [6.45, 7) is 0. The van der Waals surface area contributed by atoms with Crippen molar-refractivity contribution in [2.24, 2.45) is 0 Å². The second-order valence-electron chi connectivity index (χ2n) is 8.01. The van der Waals surface area contributed by atoms with Crippen LogP contribution in [0.25, 0.3) is 0 Å². The van der Waals surface area contributed by atoms with Crippen molar-refractivity contribution in [1.82, 2.24) is 0 Å². The van der Waals surface area contributed by atoms with Gasteiger partial charge in [0.15, 0.2) is 17.9 Å². The number of hydrogen-bond acceptors (Lipinski definition) is 4. The van der Waals surface area contributed by atoms with Gasteiger partial charge in [0, 0.05) is 46.9 Å². The third kappa shape index (κ3) is 2.53. The number of benzene rings is 1. The van der Waals surface area contributed by atoms with Crippen LogP contribution >= 0.6 is 0 Å². The Morgan fingerprint density at radius 3 is 2.32 bits per heavy atom. The normalized spacial score (nSPS) is 19.8. The average Bonchev–Trinajstić information content (AvgIpc) is 3.53. The van der Waals surface area contributed by atoms with Gasteiger partial charge in [-0.25, -0.2) is 0 Å². The molecule has 3 aliphatic rings. The molecule has 0 saturated heterocycles. The van der Waals surface area contributed by atoms with E-state index in [0.717, 1.165) is 29.0 Å². The number of methoxy groups -OCH3 is 2. The molecule has 0 N–H and O–H groups in total. The van der Waals surface area contributed by atoms with E-state index in [-0.39, 0.29) is 29.8 Å². The van der Waals surface area contributed by atoms with Gasteiger partial charge in [-0.1, -0.05) is 6.07 Å². The van der Waals surface area contributed by atoms with Gasteiger partial charge in [-0.2, -0.15) is 4.57 Å². The molecular formula is C25H22ClNO4. The molecule has 158 valence electrons. The van der Waals surface area contributed by atoms with Crippen LogP contribution in [-0.4, -0.2) is 14.2 Å². The summed E-state index contributed by atoms with van der Waals surface area (Å²) in [6, 6.07) is 14.9. The minimum absolute atomic E-state index is 0. The molecule has 5 heterocycles. The summed E-state index contributed by atoms with van der Waals surface area (Å²) in [5.74, 6) is 1.70. The third-order valence-electron chi connectivity index (χ3n) is 6.89. The first-order valence-electron chi connectivity index (χ1n) is 10.1. The Labute approximate surface area is 186 Å². The molecule has 0 spiro atoms. The molecule has 1 aliphatic carbocycles. The van der Waals surface area contributed by atoms with Crippen LogP contribution in [0, 0.1) is 0 Å². The second-order valence-corrected chi connectivity index (χ2v) is 8.01. The van der Waals surface area contributed by atoms with Crippen LogP contribution in [0.5, 0.6) is 11.5 Å². The molecule has 0 radical (unpaired) electrons. The molecule has 2 atom stereocenters. The molecule has 0 fully saturated rings. The molecule has 0 saturated carbocycles. The number of aromatic nitrogens is 1. The quantitative estimate of drug-likeness (QED) is 0.457. The molecule has 1 aromatic carbocycles. The fourth-order valence-corrected chi connectivity index (χ4v) is 5.69. The molecule has 3 aromatic heterocycles. The average molecular weight is 436 g/mol. The van der Waals surface area contributed by atoms with Crippen molar-refractivity contribution in [2.45, 2.75) is 23.8 Å². The van der Waals surface area contributed by atoms with E-state index in [0.29, 0.717) is 0 Å². The molecule has 2 unspecified atom stereocenters. The van der Waals surface area contributed by atoms with Gasteiger partial charge in [-0.3, -0.25) is 0 Å². The summed E-state index contributed by atoms with van der Waals surface area (Å²) in [6.07, 6.45) is 10.3. The zero-order valence-electron chi connectivity index (χ0n) is 17.2. The number of nitrogens with zero attached hydrogens (tertiary/aromatic N) is 1. The highest BCUT2D eigenvalue weighted by Crippen LogP contribution is 2.61. The van der Waals surface area contributed by atoms with E-state index >= 15 is 0 Å². The number of rotatable bonds is 4. The first-order chi connectivity index (χ1) is 14.8. The molecule has 4 aromatic rings. The van der Waals surface area contributed by atoms with E-state index in [1.165, 1.54) is 16.8 Å². The lowest BCUT2D eigenvalue weighted by molar-refractivity contribution is -0.732. The van der Waals surface area contributed by atoms with Gasteiger partial charge in [0.2, 0.25) is 0 Å². The van der Waals surface area contributed by atoms with Crippen molar-refractivity contribution in [2.75, 3.05) is 14.2 Å². The Morgan fingerprint density at radius 1 is 0.968 bits per heavy atom. The number of pyridine rings is 1. The zero-order valence-corrected chi connectivity index (χ0v) is 18.0. The van der Waals surface area contributed by atoms with Crippen molar-refractivity contribution >= 4 is 0 Å². The number of ether oxygens (including phenoxy) is 2. The van der Waals surface area contributed by atoms with E-state index < -0.39 is 0 Å². The Morgan fingerprint density at radius 2 is 1.71 bits per heavy atom. The number of furan rings is 2. The zero-order chi connectivity index (χ0) is 20.3. The molecule has 0 amide bonds. The lowest BCUT2D eigenvalue weighted by Gasteiger charge is -2.48. The van der Waals surface area contributed by atoms with E-state index in [4.69, 9.17) is 18.3 Å². The first-order valence-corrected chi connectivity index (χ1v) is 10.1. The van der Waals surface area contributed by atoms with Crippen LogP contribution < -0.4 is 26.4 Å². The highest BCUT2D eigenvalue weighted by molar-refractivity contribution is 5.60. The lowest BCUT2D eigenvalue weighted by atomic mass is 9.54. The maximum absolute atomic E-state index is 5.91. The topological polar surface area (TPSA) is 48.6 Å². The Bertz CT molecular complexity index is 1180. The van der Waals surface area contributed by atoms with E-state index in [1.54, 1.807) is 26.7 Å². The van der Waals surface area contributed by atoms with Gasteiger partial charge in [0.1, 0.15) is 11.5 Å². The molecule has 2 bridgehead atoms. The highest BCUT2D eigenvalue weighted by Gasteiger charge is 2.61. The van der Waals surface area contributed by atoms with Crippen LogP contribution in [0.4, 0.5) is 0 Å². The lowest BCUT2D eigenvalue weighted by Crippen LogP contribution is -3.00. The van der Waals surface area contributed by atoms with Crippen molar-refractivity contribution < 1.29 is 35.3 Å². The Balaban J connectivity index is 0.00000204. The summed E-state index contributed by atoms with van der Waals surface area (Å²) < 4.78 is 25.1. The molecule has 6 heteroatoms. The Hall–Kier alpha value is -3.18. The summed E-state index contributed by atoms with van der Waals surface area (Å²) in [4.78, 5) is 0. The first kappa shape index (κ1) is 19.8. The van der Waals surface area contributed by atoms with E-state index in [2.05, 4.69) is 47.2 Å². The summed E-state index contributed by atoms with van der Waals surface area (Å²) >= 11 is 0.